The maximum atomic E-state index is 11.5. The molecule has 12 heteroatoms. The molecular formula is C37H34N6O3S3. The number of hydrogen-bond acceptors (Lipinski definition) is 9. The predicted molar refractivity (Wildman–Crippen MR) is 199 cm³/mol. The molecule has 6 rings (SSSR count). The molecule has 3 heterocycles. The van der Waals surface area contributed by atoms with Crippen LogP contribution in [0.25, 0.3) is 33.8 Å². The van der Waals surface area contributed by atoms with Gasteiger partial charge in [-0.25, -0.2) is 14.0 Å². The van der Waals surface area contributed by atoms with E-state index in [0.29, 0.717) is 17.3 Å². The van der Waals surface area contributed by atoms with Crippen LogP contribution in [0.2, 0.25) is 0 Å². The fourth-order valence-electron chi connectivity index (χ4n) is 5.24. The van der Waals surface area contributed by atoms with Gasteiger partial charge in [-0.1, -0.05) is 89.9 Å². The molecule has 0 radical (unpaired) electrons. The zero-order valence-corrected chi connectivity index (χ0v) is 29.7. The molecule has 0 amide bonds. The number of carbonyl (C=O) groups excluding carboxylic acids is 3. The average molecular weight is 707 g/mol. The van der Waals surface area contributed by atoms with Gasteiger partial charge in [0.2, 0.25) is 6.29 Å². The summed E-state index contributed by atoms with van der Waals surface area (Å²) in [5.41, 5.74) is 8.33. The van der Waals surface area contributed by atoms with E-state index in [1.54, 1.807) is 20.8 Å². The van der Waals surface area contributed by atoms with Gasteiger partial charge >= 0.3 is 0 Å². The molecule has 3 aromatic heterocycles. The first kappa shape index (κ1) is 34.2. The first-order chi connectivity index (χ1) is 23.7. The van der Waals surface area contributed by atoms with Gasteiger partial charge in [-0.05, 0) is 53.1 Å². The van der Waals surface area contributed by atoms with Crippen molar-refractivity contribution in [1.82, 2.24) is 29.3 Å². The summed E-state index contributed by atoms with van der Waals surface area (Å²) in [7, 11) is 0. The summed E-state index contributed by atoms with van der Waals surface area (Å²) in [5.74, 6) is 1.80. The Morgan fingerprint density at radius 3 is 1.10 bits per heavy atom. The van der Waals surface area contributed by atoms with Crippen LogP contribution in [-0.4, -0.2) is 44.7 Å². The summed E-state index contributed by atoms with van der Waals surface area (Å²) >= 11 is 3.85. The number of aromatic nitrogens is 6. The minimum Gasteiger partial charge on any atom is -0.288 e. The Labute approximate surface area is 297 Å². The number of hydrogen-bond donors (Lipinski definition) is 0. The molecule has 3 aromatic carbocycles. The highest BCUT2D eigenvalue weighted by molar-refractivity contribution is 8.13. The summed E-state index contributed by atoms with van der Waals surface area (Å²) in [5, 5.41) is 15.2. The standard InChI is InChI=1S/C37H34N6O3S3/c1-25(44)47-22-28-7-4-10-31(19-28)34-13-16-41(38-34)37(42-17-14-35(39-42)32-11-5-8-29(20-32)23-48-26(2)45)43-18-15-36(40-43)33-12-6-9-30(21-33)24-49-27(3)46/h4-21,37H,22-24H2,1-3H3. The topological polar surface area (TPSA) is 105 Å². The van der Waals surface area contributed by atoms with Crippen LogP contribution in [0.3, 0.4) is 0 Å². The van der Waals surface area contributed by atoms with E-state index >= 15 is 0 Å². The zero-order valence-electron chi connectivity index (χ0n) is 27.2. The smallest absolute Gasteiger partial charge is 0.238 e. The van der Waals surface area contributed by atoms with Crippen LogP contribution in [0.4, 0.5) is 0 Å². The van der Waals surface area contributed by atoms with E-state index in [1.165, 1.54) is 35.3 Å². The van der Waals surface area contributed by atoms with Gasteiger partial charge in [0.05, 0.1) is 17.1 Å². The fraction of sp³-hybridized carbons (Fsp3) is 0.189. The Bertz CT molecular complexity index is 1880. The second kappa shape index (κ2) is 15.7. The van der Waals surface area contributed by atoms with Crippen LogP contribution in [0.5, 0.6) is 0 Å². The van der Waals surface area contributed by atoms with E-state index in [1.807, 2.05) is 105 Å². The minimum atomic E-state index is -0.569. The van der Waals surface area contributed by atoms with Crippen LogP contribution in [0.15, 0.2) is 110 Å². The highest BCUT2D eigenvalue weighted by atomic mass is 32.2. The summed E-state index contributed by atoms with van der Waals surface area (Å²) < 4.78 is 5.50. The lowest BCUT2D eigenvalue weighted by Gasteiger charge is -2.19. The molecule has 49 heavy (non-hydrogen) atoms. The highest BCUT2D eigenvalue weighted by Crippen LogP contribution is 2.27. The summed E-state index contributed by atoms with van der Waals surface area (Å²) in [6, 6.07) is 30.1. The quantitative estimate of drug-likeness (QED) is 0.125. The third-order valence-corrected chi connectivity index (χ3v) is 10.2. The Kier molecular flexibility index (Phi) is 11.0. The second-order valence-electron chi connectivity index (χ2n) is 11.3. The Morgan fingerprint density at radius 1 is 0.510 bits per heavy atom. The van der Waals surface area contributed by atoms with Gasteiger partial charge in [-0.3, -0.25) is 14.4 Å². The van der Waals surface area contributed by atoms with Crippen molar-refractivity contribution in [1.29, 1.82) is 0 Å². The van der Waals surface area contributed by atoms with Crippen molar-refractivity contribution in [3.05, 3.63) is 126 Å². The molecule has 0 aliphatic carbocycles. The monoisotopic (exact) mass is 706 g/mol. The molecule has 9 nitrogen and oxygen atoms in total. The molecule has 248 valence electrons. The van der Waals surface area contributed by atoms with E-state index in [-0.39, 0.29) is 15.3 Å². The normalized spacial score (nSPS) is 11.3. The van der Waals surface area contributed by atoms with Crippen molar-refractivity contribution in [2.24, 2.45) is 0 Å². The summed E-state index contributed by atoms with van der Waals surface area (Å²) in [6.45, 7) is 4.73. The molecule has 0 bridgehead atoms. The third kappa shape index (κ3) is 8.88. The van der Waals surface area contributed by atoms with Crippen molar-refractivity contribution < 1.29 is 14.4 Å². The number of benzene rings is 3. The number of rotatable bonds is 12. The van der Waals surface area contributed by atoms with Crippen molar-refractivity contribution in [3.8, 4) is 33.8 Å². The lowest BCUT2D eigenvalue weighted by molar-refractivity contribution is -0.109. The van der Waals surface area contributed by atoms with Crippen molar-refractivity contribution in [2.75, 3.05) is 0 Å². The van der Waals surface area contributed by atoms with E-state index < -0.39 is 6.29 Å². The third-order valence-electron chi connectivity index (χ3n) is 7.53. The molecule has 0 N–H and O–H groups in total. The van der Waals surface area contributed by atoms with Gasteiger partial charge in [0.25, 0.3) is 0 Å². The second-order valence-corrected chi connectivity index (χ2v) is 14.8. The maximum absolute atomic E-state index is 11.5. The van der Waals surface area contributed by atoms with E-state index in [0.717, 1.165) is 50.5 Å². The fourth-order valence-corrected chi connectivity index (χ4v) is 6.89. The molecule has 0 saturated heterocycles. The molecule has 6 aromatic rings. The van der Waals surface area contributed by atoms with Crippen molar-refractivity contribution >= 4 is 50.6 Å². The molecule has 0 aliphatic rings. The van der Waals surface area contributed by atoms with Gasteiger partial charge in [0, 0.05) is 73.3 Å². The average Bonchev–Trinajstić information content (AvgIpc) is 3.89. The molecule has 0 aliphatic heterocycles. The molecular weight excluding hydrogens is 673 g/mol. The Hall–Kier alpha value is -4.65. The van der Waals surface area contributed by atoms with E-state index in [2.05, 4.69) is 18.2 Å². The predicted octanol–water partition coefficient (Wildman–Crippen LogP) is 8.17. The van der Waals surface area contributed by atoms with Crippen LogP contribution in [-0.2, 0) is 31.6 Å². The van der Waals surface area contributed by atoms with Crippen LogP contribution in [0, 0.1) is 0 Å². The number of thioether (sulfide) groups is 3. The van der Waals surface area contributed by atoms with E-state index in [9.17, 15) is 14.4 Å². The molecule has 0 spiro atoms. The van der Waals surface area contributed by atoms with Crippen LogP contribution >= 0.6 is 35.3 Å². The summed E-state index contributed by atoms with van der Waals surface area (Å²) in [6.07, 6.45) is 5.18. The minimum absolute atomic E-state index is 0.0815. The van der Waals surface area contributed by atoms with Gasteiger partial charge in [-0.2, -0.15) is 15.3 Å². The van der Waals surface area contributed by atoms with Crippen molar-refractivity contribution in [3.63, 3.8) is 0 Å². The maximum Gasteiger partial charge on any atom is 0.238 e. The van der Waals surface area contributed by atoms with Gasteiger partial charge in [0.15, 0.2) is 15.3 Å². The first-order valence-electron chi connectivity index (χ1n) is 15.6. The Balaban J connectivity index is 1.35. The Morgan fingerprint density at radius 2 is 0.816 bits per heavy atom. The number of carbonyl (C=O) groups is 3. The van der Waals surface area contributed by atoms with Crippen molar-refractivity contribution in [2.45, 2.75) is 44.3 Å². The van der Waals surface area contributed by atoms with Crippen LogP contribution in [0.1, 0.15) is 43.8 Å². The van der Waals surface area contributed by atoms with E-state index in [4.69, 9.17) is 15.3 Å². The highest BCUT2D eigenvalue weighted by Gasteiger charge is 2.21. The van der Waals surface area contributed by atoms with Gasteiger partial charge < -0.3 is 0 Å². The molecule has 0 fully saturated rings. The first-order valence-corrected chi connectivity index (χ1v) is 18.5. The lowest BCUT2D eigenvalue weighted by atomic mass is 10.1. The summed E-state index contributed by atoms with van der Waals surface area (Å²) in [4.78, 5) is 34.6. The van der Waals surface area contributed by atoms with Crippen LogP contribution < -0.4 is 0 Å². The number of nitrogens with zero attached hydrogens (tertiary/aromatic N) is 6. The SMILES string of the molecule is CC(=O)SCc1cccc(-c2ccn(C(n3ccc(-c4cccc(CSC(C)=O)c4)n3)n3ccc(-c4cccc(CSC(C)=O)c4)n3)n2)c1. The van der Waals surface area contributed by atoms with Gasteiger partial charge in [0.1, 0.15) is 0 Å². The molecule has 0 saturated carbocycles. The zero-order chi connectivity index (χ0) is 34.3. The molecule has 0 atom stereocenters. The van der Waals surface area contributed by atoms with Gasteiger partial charge in [-0.15, -0.1) is 0 Å². The molecule has 0 unspecified atom stereocenters. The lowest BCUT2D eigenvalue weighted by Crippen LogP contribution is -2.27. The largest absolute Gasteiger partial charge is 0.288 e.